The molecule has 1 atom stereocenters. The molecule has 35 heavy (non-hydrogen) atoms. The van der Waals surface area contributed by atoms with Gasteiger partial charge in [-0.05, 0) is 43.7 Å². The van der Waals surface area contributed by atoms with Gasteiger partial charge in [0.05, 0.1) is 37.3 Å². The Hall–Kier alpha value is -2.84. The number of aryl methyl sites for hydroxylation is 1. The molecule has 2 aliphatic rings. The summed E-state index contributed by atoms with van der Waals surface area (Å²) in [7, 11) is 0. The van der Waals surface area contributed by atoms with Crippen molar-refractivity contribution in [1.82, 2.24) is 19.3 Å². The highest BCUT2D eigenvalue weighted by Crippen LogP contribution is 2.31. The molecule has 1 fully saturated rings. The Morgan fingerprint density at radius 2 is 2.11 bits per heavy atom. The van der Waals surface area contributed by atoms with Crippen LogP contribution in [0.15, 0.2) is 35.3 Å². The Morgan fingerprint density at radius 3 is 2.89 bits per heavy atom. The minimum atomic E-state index is -0.342. The zero-order valence-electron chi connectivity index (χ0n) is 20.4. The predicted molar refractivity (Wildman–Crippen MR) is 135 cm³/mol. The van der Waals surface area contributed by atoms with E-state index >= 15 is 0 Å². The first-order chi connectivity index (χ1) is 17.1. The van der Waals surface area contributed by atoms with Crippen molar-refractivity contribution in [1.29, 1.82) is 0 Å². The van der Waals surface area contributed by atoms with Gasteiger partial charge in [0, 0.05) is 25.3 Å². The fourth-order valence-electron chi connectivity index (χ4n) is 4.83. The van der Waals surface area contributed by atoms with E-state index in [4.69, 9.17) is 26.1 Å². The van der Waals surface area contributed by atoms with E-state index in [2.05, 4.69) is 52.7 Å². The van der Waals surface area contributed by atoms with Crippen molar-refractivity contribution in [2.24, 2.45) is 0 Å². The lowest BCUT2D eigenvalue weighted by Crippen LogP contribution is -2.36. The van der Waals surface area contributed by atoms with Gasteiger partial charge in [-0.15, -0.1) is 0 Å². The van der Waals surface area contributed by atoms with Gasteiger partial charge in [-0.25, -0.2) is 0 Å². The lowest BCUT2D eigenvalue weighted by Gasteiger charge is -2.30. The van der Waals surface area contributed by atoms with Gasteiger partial charge in [0.15, 0.2) is 6.23 Å². The standard InChI is InChI=1S/C26H32ClN5O3/c1-3-13-35-26-29-20-17-30(12-11-21(20)31(26)16-19-9-5-4-8-18(19)2)22-15-28-32(25(33)24(22)27)23-10-6-7-14-34-23/h4-5,8-9,15,23H,3,6-7,10-14,16-17H2,1-2H3. The highest BCUT2D eigenvalue weighted by Gasteiger charge is 2.28. The van der Waals surface area contributed by atoms with Crippen molar-refractivity contribution in [2.45, 2.75) is 65.3 Å². The number of aromatic nitrogens is 4. The van der Waals surface area contributed by atoms with E-state index in [9.17, 15) is 4.79 Å². The number of benzene rings is 1. The predicted octanol–water partition coefficient (Wildman–Crippen LogP) is 4.50. The molecule has 0 saturated carbocycles. The van der Waals surface area contributed by atoms with Crippen molar-refractivity contribution < 1.29 is 9.47 Å². The molecular formula is C26H32ClN5O3. The third kappa shape index (κ3) is 4.82. The number of rotatable bonds is 7. The molecule has 0 amide bonds. The molecule has 9 heteroatoms. The summed E-state index contributed by atoms with van der Waals surface area (Å²) in [5.41, 5.74) is 4.94. The quantitative estimate of drug-likeness (QED) is 0.478. The van der Waals surface area contributed by atoms with E-state index in [-0.39, 0.29) is 16.8 Å². The number of imidazole rings is 1. The maximum absolute atomic E-state index is 13.0. The second-order valence-corrected chi connectivity index (χ2v) is 9.61. The van der Waals surface area contributed by atoms with Gasteiger partial charge >= 0.3 is 0 Å². The maximum Gasteiger partial charge on any atom is 0.297 e. The molecule has 2 aliphatic heterocycles. The second kappa shape index (κ2) is 10.4. The van der Waals surface area contributed by atoms with Crippen LogP contribution in [0.5, 0.6) is 6.01 Å². The lowest BCUT2D eigenvalue weighted by atomic mass is 10.1. The first kappa shape index (κ1) is 23.9. The third-order valence-electron chi connectivity index (χ3n) is 6.80. The zero-order chi connectivity index (χ0) is 24.4. The largest absolute Gasteiger partial charge is 0.465 e. The summed E-state index contributed by atoms with van der Waals surface area (Å²) in [6.07, 6.45) is 5.82. The van der Waals surface area contributed by atoms with Gasteiger partial charge in [0.25, 0.3) is 11.6 Å². The Bertz CT molecular complexity index is 1250. The third-order valence-corrected chi connectivity index (χ3v) is 7.15. The van der Waals surface area contributed by atoms with Crippen LogP contribution < -0.4 is 15.2 Å². The van der Waals surface area contributed by atoms with E-state index in [0.29, 0.717) is 44.5 Å². The number of halogens is 1. The Balaban J connectivity index is 1.42. The van der Waals surface area contributed by atoms with Crippen LogP contribution in [0.1, 0.15) is 61.3 Å². The summed E-state index contributed by atoms with van der Waals surface area (Å²) in [5.74, 6) is 0. The number of anilines is 1. The van der Waals surface area contributed by atoms with Crippen LogP contribution in [0.2, 0.25) is 5.02 Å². The highest BCUT2D eigenvalue weighted by molar-refractivity contribution is 6.33. The fourth-order valence-corrected chi connectivity index (χ4v) is 5.08. The molecule has 0 N–H and O–H groups in total. The van der Waals surface area contributed by atoms with Crippen LogP contribution in [0.4, 0.5) is 5.69 Å². The van der Waals surface area contributed by atoms with E-state index in [1.54, 1.807) is 6.20 Å². The van der Waals surface area contributed by atoms with Crippen molar-refractivity contribution in [3.63, 3.8) is 0 Å². The molecule has 1 unspecified atom stereocenters. The lowest BCUT2D eigenvalue weighted by molar-refractivity contribution is -0.0424. The summed E-state index contributed by atoms with van der Waals surface area (Å²) in [5, 5.41) is 4.61. The van der Waals surface area contributed by atoms with E-state index in [1.807, 2.05) is 0 Å². The van der Waals surface area contributed by atoms with Gasteiger partial charge in [-0.1, -0.05) is 42.8 Å². The molecule has 2 aromatic heterocycles. The topological polar surface area (TPSA) is 74.4 Å². The molecule has 3 aromatic rings. The first-order valence-corrected chi connectivity index (χ1v) is 12.8. The van der Waals surface area contributed by atoms with E-state index < -0.39 is 0 Å². The first-order valence-electron chi connectivity index (χ1n) is 12.5. The molecule has 4 heterocycles. The number of ether oxygens (including phenoxy) is 2. The van der Waals surface area contributed by atoms with Crippen molar-refractivity contribution in [3.8, 4) is 6.01 Å². The van der Waals surface area contributed by atoms with Crippen LogP contribution in [-0.4, -0.2) is 39.1 Å². The smallest absolute Gasteiger partial charge is 0.297 e. The van der Waals surface area contributed by atoms with Crippen LogP contribution in [0.3, 0.4) is 0 Å². The SMILES string of the molecule is CCCOc1nc2c(n1Cc1ccccc1C)CCN(c1cnn(C3CCCCO3)c(=O)c1Cl)C2. The number of nitrogens with zero attached hydrogens (tertiary/aromatic N) is 5. The van der Waals surface area contributed by atoms with Crippen molar-refractivity contribution in [2.75, 3.05) is 24.7 Å². The Morgan fingerprint density at radius 1 is 1.26 bits per heavy atom. The normalized spacial score (nSPS) is 17.9. The zero-order valence-corrected chi connectivity index (χ0v) is 21.1. The summed E-state index contributed by atoms with van der Waals surface area (Å²) in [6.45, 7) is 7.45. The van der Waals surface area contributed by atoms with Gasteiger partial charge in [0.1, 0.15) is 5.02 Å². The minimum Gasteiger partial charge on any atom is -0.465 e. The molecule has 186 valence electrons. The van der Waals surface area contributed by atoms with Gasteiger partial charge in [-0.3, -0.25) is 9.36 Å². The van der Waals surface area contributed by atoms with E-state index in [0.717, 1.165) is 37.8 Å². The molecule has 5 rings (SSSR count). The molecule has 1 aromatic carbocycles. The molecule has 0 spiro atoms. The van der Waals surface area contributed by atoms with E-state index in [1.165, 1.54) is 21.5 Å². The van der Waals surface area contributed by atoms with Crippen LogP contribution in [-0.2, 0) is 24.2 Å². The molecule has 0 radical (unpaired) electrons. The van der Waals surface area contributed by atoms with Gasteiger partial charge < -0.3 is 14.4 Å². The monoisotopic (exact) mass is 497 g/mol. The van der Waals surface area contributed by atoms with Crippen LogP contribution in [0.25, 0.3) is 0 Å². The Labute approximate surface area is 210 Å². The van der Waals surface area contributed by atoms with Crippen molar-refractivity contribution in [3.05, 3.63) is 68.4 Å². The highest BCUT2D eigenvalue weighted by atomic mass is 35.5. The van der Waals surface area contributed by atoms with Crippen LogP contribution >= 0.6 is 11.6 Å². The summed E-state index contributed by atoms with van der Waals surface area (Å²) < 4.78 is 15.4. The summed E-state index contributed by atoms with van der Waals surface area (Å²) in [4.78, 5) is 20.0. The molecule has 0 bridgehead atoms. The minimum absolute atomic E-state index is 0.180. The summed E-state index contributed by atoms with van der Waals surface area (Å²) >= 11 is 6.59. The molecule has 1 saturated heterocycles. The van der Waals surface area contributed by atoms with Gasteiger partial charge in [0.2, 0.25) is 0 Å². The fraction of sp³-hybridized carbons (Fsp3) is 0.500. The van der Waals surface area contributed by atoms with Gasteiger partial charge in [-0.2, -0.15) is 14.8 Å². The number of hydrogen-bond acceptors (Lipinski definition) is 6. The number of hydrogen-bond donors (Lipinski definition) is 0. The molecule has 0 aliphatic carbocycles. The second-order valence-electron chi connectivity index (χ2n) is 9.24. The molecule has 8 nitrogen and oxygen atoms in total. The van der Waals surface area contributed by atoms with Crippen molar-refractivity contribution >= 4 is 17.3 Å². The number of fused-ring (bicyclic) bond motifs is 1. The molecular weight excluding hydrogens is 466 g/mol. The summed E-state index contributed by atoms with van der Waals surface area (Å²) in [6, 6.07) is 9.05. The Kier molecular flexibility index (Phi) is 7.11. The average Bonchev–Trinajstić information content (AvgIpc) is 3.22. The average molecular weight is 498 g/mol. The van der Waals surface area contributed by atoms with Crippen LogP contribution in [0, 0.1) is 6.92 Å². The maximum atomic E-state index is 13.0.